The molecule has 0 saturated carbocycles. The van der Waals surface area contributed by atoms with Crippen molar-refractivity contribution in [3.63, 3.8) is 0 Å². The maximum atomic E-state index is 13.3. The molecule has 0 bridgehead atoms. The van der Waals surface area contributed by atoms with Crippen molar-refractivity contribution >= 4 is 11.9 Å². The number of benzene rings is 2. The summed E-state index contributed by atoms with van der Waals surface area (Å²) in [6.45, 7) is 0.223. The zero-order valence-electron chi connectivity index (χ0n) is 16.9. The molecule has 3 amide bonds. The number of aliphatic hydroxyl groups excluding tert-OH is 1. The number of nitrogens with zero attached hydrogens (tertiary/aromatic N) is 2. The van der Waals surface area contributed by atoms with Gasteiger partial charge in [0.15, 0.2) is 0 Å². The molecular formula is C23H24F2N2O4. The van der Waals surface area contributed by atoms with Gasteiger partial charge in [0.2, 0.25) is 0 Å². The Morgan fingerprint density at radius 1 is 0.968 bits per heavy atom. The monoisotopic (exact) mass is 430 g/mol. The number of hydrogen-bond acceptors (Lipinski definition) is 4. The molecule has 2 atom stereocenters. The Hall–Kier alpha value is -2.84. The van der Waals surface area contributed by atoms with Crippen LogP contribution in [0.1, 0.15) is 36.5 Å². The van der Waals surface area contributed by atoms with Crippen molar-refractivity contribution in [2.75, 3.05) is 19.7 Å². The highest BCUT2D eigenvalue weighted by molar-refractivity contribution is 6.04. The molecule has 2 aromatic carbocycles. The lowest BCUT2D eigenvalue weighted by Gasteiger charge is -2.26. The van der Waals surface area contributed by atoms with Gasteiger partial charge in [0.05, 0.1) is 19.3 Å². The van der Waals surface area contributed by atoms with E-state index in [-0.39, 0.29) is 25.1 Å². The normalized spacial score (nSPS) is 19.8. The summed E-state index contributed by atoms with van der Waals surface area (Å²) in [5.74, 6) is -1.08. The van der Waals surface area contributed by atoms with E-state index in [2.05, 4.69) is 0 Å². The fraction of sp³-hybridized carbons (Fsp3) is 0.391. The first-order valence-electron chi connectivity index (χ1n) is 10.4. The molecule has 2 saturated heterocycles. The summed E-state index contributed by atoms with van der Waals surface area (Å²) >= 11 is 0. The number of aliphatic hydroxyl groups is 1. The minimum absolute atomic E-state index is 0.162. The molecular weight excluding hydrogens is 406 g/mol. The lowest BCUT2D eigenvalue weighted by atomic mass is 10.0. The van der Waals surface area contributed by atoms with E-state index in [4.69, 9.17) is 4.74 Å². The van der Waals surface area contributed by atoms with Crippen LogP contribution in [-0.4, -0.2) is 58.7 Å². The van der Waals surface area contributed by atoms with Crippen molar-refractivity contribution in [2.45, 2.75) is 37.5 Å². The summed E-state index contributed by atoms with van der Waals surface area (Å²) in [5.41, 5.74) is 1.26. The van der Waals surface area contributed by atoms with E-state index in [1.807, 2.05) is 0 Å². The van der Waals surface area contributed by atoms with Gasteiger partial charge in [0.1, 0.15) is 23.8 Å². The number of piperidine rings is 1. The first kappa shape index (κ1) is 21.4. The first-order valence-corrected chi connectivity index (χ1v) is 10.4. The number of urea groups is 1. The molecule has 4 rings (SSSR count). The zero-order chi connectivity index (χ0) is 22.0. The van der Waals surface area contributed by atoms with Gasteiger partial charge in [0, 0.05) is 6.54 Å². The molecule has 2 aromatic rings. The van der Waals surface area contributed by atoms with Crippen LogP contribution in [0.2, 0.25) is 0 Å². The minimum Gasteiger partial charge on any atom is -0.389 e. The predicted octanol–water partition coefficient (Wildman–Crippen LogP) is 3.25. The Balaban J connectivity index is 1.44. The number of hydrogen-bond donors (Lipinski definition) is 1. The SMILES string of the molecule is O=C1C2CCCCN2C(=O)N1CC(O)COC(c1ccc(F)cc1)c1ccc(F)cc1. The number of halogens is 2. The third kappa shape index (κ3) is 4.60. The van der Waals surface area contributed by atoms with Crippen LogP contribution in [0.15, 0.2) is 48.5 Å². The highest BCUT2D eigenvalue weighted by Gasteiger charge is 2.46. The molecule has 2 unspecified atom stereocenters. The van der Waals surface area contributed by atoms with Crippen LogP contribution >= 0.6 is 0 Å². The standard InChI is InChI=1S/C23H24F2N2O4/c24-17-8-4-15(5-9-17)21(16-6-10-18(25)11-7-16)31-14-19(28)13-27-22(29)20-3-1-2-12-26(20)23(27)30/h4-11,19-21,28H,1-3,12-14H2. The Bertz CT molecular complexity index is 866. The van der Waals surface area contributed by atoms with Crippen molar-refractivity contribution in [1.82, 2.24) is 9.80 Å². The zero-order valence-corrected chi connectivity index (χ0v) is 16.9. The summed E-state index contributed by atoms with van der Waals surface area (Å²) in [5, 5.41) is 10.5. The number of carbonyl (C=O) groups excluding carboxylic acids is 2. The van der Waals surface area contributed by atoms with Gasteiger partial charge in [-0.2, -0.15) is 0 Å². The van der Waals surface area contributed by atoms with Crippen molar-refractivity contribution in [3.8, 4) is 0 Å². The third-order valence-electron chi connectivity index (χ3n) is 5.72. The second kappa shape index (κ2) is 9.11. The minimum atomic E-state index is -1.10. The number of ether oxygens (including phenoxy) is 1. The number of imide groups is 1. The molecule has 2 heterocycles. The summed E-state index contributed by atoms with van der Waals surface area (Å²) in [4.78, 5) is 27.8. The molecule has 164 valence electrons. The van der Waals surface area contributed by atoms with E-state index < -0.39 is 29.9 Å². The number of amides is 3. The molecule has 0 radical (unpaired) electrons. The molecule has 2 aliphatic heterocycles. The second-order valence-corrected chi connectivity index (χ2v) is 7.91. The van der Waals surface area contributed by atoms with Crippen molar-refractivity contribution in [2.24, 2.45) is 0 Å². The van der Waals surface area contributed by atoms with Crippen LogP contribution in [0, 0.1) is 11.6 Å². The molecule has 0 aromatic heterocycles. The molecule has 8 heteroatoms. The van der Waals surface area contributed by atoms with Crippen LogP contribution < -0.4 is 0 Å². The van der Waals surface area contributed by atoms with E-state index in [0.717, 1.165) is 17.7 Å². The molecule has 6 nitrogen and oxygen atoms in total. The fourth-order valence-corrected chi connectivity index (χ4v) is 4.15. The van der Waals surface area contributed by atoms with Gasteiger partial charge in [-0.15, -0.1) is 0 Å². The van der Waals surface area contributed by atoms with Crippen LogP contribution in [0.25, 0.3) is 0 Å². The van der Waals surface area contributed by atoms with Gasteiger partial charge >= 0.3 is 6.03 Å². The fourth-order valence-electron chi connectivity index (χ4n) is 4.15. The van der Waals surface area contributed by atoms with Crippen LogP contribution in [-0.2, 0) is 9.53 Å². The summed E-state index contributed by atoms with van der Waals surface area (Å²) in [6, 6.07) is 10.6. The number of rotatable bonds is 7. The van der Waals surface area contributed by atoms with E-state index in [0.29, 0.717) is 24.1 Å². The van der Waals surface area contributed by atoms with Crippen LogP contribution in [0.5, 0.6) is 0 Å². The Labute approximate surface area is 179 Å². The second-order valence-electron chi connectivity index (χ2n) is 7.91. The van der Waals surface area contributed by atoms with E-state index >= 15 is 0 Å². The van der Waals surface area contributed by atoms with Crippen molar-refractivity contribution in [1.29, 1.82) is 0 Å². The maximum Gasteiger partial charge on any atom is 0.327 e. The van der Waals surface area contributed by atoms with E-state index in [1.165, 1.54) is 24.3 Å². The Morgan fingerprint density at radius 2 is 1.55 bits per heavy atom. The number of β-amino-alcohol motifs (C(OH)–C–C–N with tert-alkyl or cyclic N) is 1. The molecule has 2 aliphatic rings. The highest BCUT2D eigenvalue weighted by Crippen LogP contribution is 2.28. The van der Waals surface area contributed by atoms with Gasteiger partial charge in [-0.1, -0.05) is 24.3 Å². The van der Waals surface area contributed by atoms with E-state index in [1.54, 1.807) is 29.2 Å². The van der Waals surface area contributed by atoms with Gasteiger partial charge in [-0.05, 0) is 54.7 Å². The van der Waals surface area contributed by atoms with Gasteiger partial charge in [0.25, 0.3) is 5.91 Å². The quantitative estimate of drug-likeness (QED) is 0.685. The number of carbonyl (C=O) groups is 2. The number of fused-ring (bicyclic) bond motifs is 1. The molecule has 0 spiro atoms. The highest BCUT2D eigenvalue weighted by atomic mass is 19.1. The first-order chi connectivity index (χ1) is 14.9. The van der Waals surface area contributed by atoms with Crippen LogP contribution in [0.4, 0.5) is 13.6 Å². The maximum absolute atomic E-state index is 13.3. The molecule has 2 fully saturated rings. The van der Waals surface area contributed by atoms with Gasteiger partial charge in [-0.25, -0.2) is 13.6 Å². The Kier molecular flexibility index (Phi) is 6.29. The largest absolute Gasteiger partial charge is 0.389 e. The lowest BCUT2D eigenvalue weighted by molar-refractivity contribution is -0.130. The van der Waals surface area contributed by atoms with Gasteiger partial charge in [-0.3, -0.25) is 9.69 Å². The Morgan fingerprint density at radius 3 is 2.10 bits per heavy atom. The predicted molar refractivity (Wildman–Crippen MR) is 108 cm³/mol. The summed E-state index contributed by atoms with van der Waals surface area (Å²) in [6.07, 6.45) is 0.637. The van der Waals surface area contributed by atoms with Crippen LogP contribution in [0.3, 0.4) is 0 Å². The molecule has 0 aliphatic carbocycles. The molecule has 1 N–H and O–H groups in total. The van der Waals surface area contributed by atoms with E-state index in [9.17, 15) is 23.5 Å². The lowest BCUT2D eigenvalue weighted by Crippen LogP contribution is -2.40. The van der Waals surface area contributed by atoms with Crippen molar-refractivity contribution in [3.05, 3.63) is 71.3 Å². The summed E-state index contributed by atoms with van der Waals surface area (Å²) in [7, 11) is 0. The smallest absolute Gasteiger partial charge is 0.327 e. The topological polar surface area (TPSA) is 70.1 Å². The van der Waals surface area contributed by atoms with Crippen molar-refractivity contribution < 1.29 is 28.2 Å². The average molecular weight is 430 g/mol. The average Bonchev–Trinajstić information content (AvgIpc) is 3.01. The third-order valence-corrected chi connectivity index (χ3v) is 5.72. The molecule has 31 heavy (non-hydrogen) atoms. The van der Waals surface area contributed by atoms with Gasteiger partial charge < -0.3 is 14.7 Å². The summed E-state index contributed by atoms with van der Waals surface area (Å²) < 4.78 is 32.6.